The van der Waals surface area contributed by atoms with Gasteiger partial charge in [-0.1, -0.05) is 26.2 Å². The van der Waals surface area contributed by atoms with Crippen LogP contribution >= 0.6 is 0 Å². The van der Waals surface area contributed by atoms with Gasteiger partial charge in [0.25, 0.3) is 0 Å². The molecule has 0 unspecified atom stereocenters. The fourth-order valence-electron chi connectivity index (χ4n) is 0.982. The average Bonchev–Trinajstić information content (AvgIpc) is 2.16. The number of carbonyl (C=O) groups excluding carboxylic acids is 1. The summed E-state index contributed by atoms with van der Waals surface area (Å²) in [5.74, 6) is 0. The van der Waals surface area contributed by atoms with Crippen molar-refractivity contribution in [3.05, 3.63) is 0 Å². The van der Waals surface area contributed by atoms with E-state index in [1.54, 1.807) is 0 Å². The van der Waals surface area contributed by atoms with Crippen molar-refractivity contribution < 1.29 is 33.7 Å². The van der Waals surface area contributed by atoms with E-state index in [1.165, 1.54) is 19.3 Å². The molecule has 0 radical (unpaired) electrons. The molecule has 0 rings (SSSR count). The van der Waals surface area contributed by atoms with Gasteiger partial charge in [0.15, 0.2) is 0 Å². The van der Waals surface area contributed by atoms with Crippen molar-refractivity contribution in [1.82, 2.24) is 0 Å². The Balaban J connectivity index is 0. The van der Waals surface area contributed by atoms with Crippen molar-refractivity contribution in [1.29, 1.82) is 0 Å². The minimum Gasteiger partial charge on any atom is -0.379 e. The van der Waals surface area contributed by atoms with Crippen LogP contribution in [0.15, 0.2) is 0 Å². The molecule has 0 heterocycles. The van der Waals surface area contributed by atoms with Crippen LogP contribution in [0.4, 0.5) is 0 Å². The van der Waals surface area contributed by atoms with Crippen molar-refractivity contribution in [2.75, 3.05) is 26.4 Å². The second-order valence-corrected chi connectivity index (χ2v) is 2.91. The van der Waals surface area contributed by atoms with Crippen molar-refractivity contribution in [3.63, 3.8) is 0 Å². The molecule has 0 bridgehead atoms. The number of aldehydes is 1. The number of rotatable bonds is 10. The number of unbranched alkanes of at least 4 members (excludes halogenated alkanes) is 3. The molecule has 0 spiro atoms. The van der Waals surface area contributed by atoms with E-state index < -0.39 is 0 Å². The van der Waals surface area contributed by atoms with E-state index in [2.05, 4.69) is 6.92 Å². The van der Waals surface area contributed by atoms with Gasteiger partial charge in [-0.3, -0.25) is 0 Å². The Morgan fingerprint density at radius 3 is 2.36 bits per heavy atom. The standard InChI is InChI=1S/C10H20O3.Zn/c1-2-3-4-5-7-12-9-10-13-8-6-11;/h6H,2-5,7-10H2,1H3;. The molecular weight excluding hydrogens is 233 g/mol. The molecule has 0 aliphatic heterocycles. The van der Waals surface area contributed by atoms with E-state index >= 15 is 0 Å². The van der Waals surface area contributed by atoms with Gasteiger partial charge < -0.3 is 14.3 Å². The molecule has 0 saturated heterocycles. The van der Waals surface area contributed by atoms with Crippen molar-refractivity contribution in [2.24, 2.45) is 0 Å². The predicted molar refractivity (Wildman–Crippen MR) is 51.8 cm³/mol. The molecule has 0 N–H and O–H groups in total. The van der Waals surface area contributed by atoms with Crippen LogP contribution in [0, 0.1) is 0 Å². The summed E-state index contributed by atoms with van der Waals surface area (Å²) in [5, 5.41) is 0. The van der Waals surface area contributed by atoms with Gasteiger partial charge in [-0.05, 0) is 6.42 Å². The summed E-state index contributed by atoms with van der Waals surface area (Å²) in [4.78, 5) is 9.85. The number of hydrogen-bond acceptors (Lipinski definition) is 3. The first-order valence-corrected chi connectivity index (χ1v) is 5.01. The molecule has 0 aromatic heterocycles. The first-order valence-electron chi connectivity index (χ1n) is 5.01. The van der Waals surface area contributed by atoms with Crippen LogP contribution in [-0.2, 0) is 33.7 Å². The summed E-state index contributed by atoms with van der Waals surface area (Å²) in [6, 6.07) is 0. The van der Waals surface area contributed by atoms with Crippen LogP contribution < -0.4 is 0 Å². The SMILES string of the molecule is CCCCCCOCCOCC=O.[Zn]. The van der Waals surface area contributed by atoms with Gasteiger partial charge in [-0.25, -0.2) is 0 Å². The van der Waals surface area contributed by atoms with Gasteiger partial charge in [-0.15, -0.1) is 0 Å². The quantitative estimate of drug-likeness (QED) is 0.338. The topological polar surface area (TPSA) is 35.5 Å². The fraction of sp³-hybridized carbons (Fsp3) is 0.900. The first kappa shape index (κ1) is 16.6. The normalized spacial score (nSPS) is 9.50. The van der Waals surface area contributed by atoms with Gasteiger partial charge >= 0.3 is 0 Å². The molecule has 0 aliphatic rings. The van der Waals surface area contributed by atoms with Gasteiger partial charge in [-0.2, -0.15) is 0 Å². The van der Waals surface area contributed by atoms with Crippen LogP contribution in [0.1, 0.15) is 32.6 Å². The summed E-state index contributed by atoms with van der Waals surface area (Å²) >= 11 is 0. The van der Waals surface area contributed by atoms with E-state index in [1.807, 2.05) is 0 Å². The van der Waals surface area contributed by atoms with Crippen LogP contribution in [0.5, 0.6) is 0 Å². The molecule has 0 saturated carbocycles. The summed E-state index contributed by atoms with van der Waals surface area (Å²) in [6.45, 7) is 4.30. The van der Waals surface area contributed by atoms with E-state index in [4.69, 9.17) is 9.47 Å². The summed E-state index contributed by atoms with van der Waals surface area (Å²) < 4.78 is 10.2. The van der Waals surface area contributed by atoms with Gasteiger partial charge in [0.05, 0.1) is 13.2 Å². The maximum atomic E-state index is 9.85. The zero-order valence-corrected chi connectivity index (χ0v) is 12.1. The van der Waals surface area contributed by atoms with E-state index in [9.17, 15) is 4.79 Å². The molecular formula is C10H20O3Zn. The molecule has 0 amide bonds. The van der Waals surface area contributed by atoms with E-state index in [-0.39, 0.29) is 26.1 Å². The first-order chi connectivity index (χ1) is 6.41. The maximum absolute atomic E-state index is 9.85. The summed E-state index contributed by atoms with van der Waals surface area (Å²) in [5.41, 5.74) is 0. The monoisotopic (exact) mass is 252 g/mol. The van der Waals surface area contributed by atoms with Gasteiger partial charge in [0.2, 0.25) is 0 Å². The summed E-state index contributed by atoms with van der Waals surface area (Å²) in [6.07, 6.45) is 5.65. The number of carbonyl (C=O) groups is 1. The Hall–Kier alpha value is 0.213. The molecule has 0 aromatic carbocycles. The van der Waals surface area contributed by atoms with Crippen LogP contribution in [0.25, 0.3) is 0 Å². The Labute approximate surface area is 99.3 Å². The molecule has 4 heteroatoms. The zero-order valence-electron chi connectivity index (χ0n) is 9.17. The Morgan fingerprint density at radius 1 is 1.00 bits per heavy atom. The van der Waals surface area contributed by atoms with E-state index in [0.717, 1.165) is 19.3 Å². The van der Waals surface area contributed by atoms with Crippen LogP contribution in [0.3, 0.4) is 0 Å². The second kappa shape index (κ2) is 15.7. The third-order valence-corrected chi connectivity index (χ3v) is 1.70. The minimum atomic E-state index is 0. The Kier molecular flexibility index (Phi) is 18.6. The van der Waals surface area contributed by atoms with Gasteiger partial charge in [0.1, 0.15) is 12.9 Å². The molecule has 3 nitrogen and oxygen atoms in total. The third-order valence-electron chi connectivity index (χ3n) is 1.70. The van der Waals surface area contributed by atoms with Crippen molar-refractivity contribution >= 4 is 6.29 Å². The molecule has 0 fully saturated rings. The van der Waals surface area contributed by atoms with Crippen molar-refractivity contribution in [3.8, 4) is 0 Å². The number of ether oxygens (including phenoxy) is 2. The van der Waals surface area contributed by atoms with Crippen LogP contribution in [-0.4, -0.2) is 32.7 Å². The minimum absolute atomic E-state index is 0. The average molecular weight is 254 g/mol. The Bertz CT molecular complexity index is 110. The second-order valence-electron chi connectivity index (χ2n) is 2.91. The zero-order chi connectivity index (χ0) is 9.78. The fourth-order valence-corrected chi connectivity index (χ4v) is 0.982. The maximum Gasteiger partial charge on any atom is 0.145 e. The Morgan fingerprint density at radius 2 is 1.71 bits per heavy atom. The predicted octanol–water partition coefficient (Wildman–Crippen LogP) is 1.80. The van der Waals surface area contributed by atoms with E-state index in [0.29, 0.717) is 13.2 Å². The molecule has 14 heavy (non-hydrogen) atoms. The van der Waals surface area contributed by atoms with Crippen LogP contribution in [0.2, 0.25) is 0 Å². The van der Waals surface area contributed by atoms with Crippen molar-refractivity contribution in [2.45, 2.75) is 32.6 Å². The third kappa shape index (κ3) is 14.7. The molecule has 0 atom stereocenters. The largest absolute Gasteiger partial charge is 0.379 e. The number of hydrogen-bond donors (Lipinski definition) is 0. The smallest absolute Gasteiger partial charge is 0.145 e. The molecule has 0 aliphatic carbocycles. The summed E-state index contributed by atoms with van der Waals surface area (Å²) in [7, 11) is 0. The molecule has 80 valence electrons. The van der Waals surface area contributed by atoms with Gasteiger partial charge in [0, 0.05) is 26.1 Å². The molecule has 0 aromatic rings.